The zero-order valence-corrected chi connectivity index (χ0v) is 8.54. The fourth-order valence-electron chi connectivity index (χ4n) is 1.34. The first-order chi connectivity index (χ1) is 6.09. The van der Waals surface area contributed by atoms with Gasteiger partial charge in [-0.1, -0.05) is 0 Å². The van der Waals surface area contributed by atoms with Crippen LogP contribution in [0, 0.1) is 0 Å². The number of rotatable bonds is 1. The third kappa shape index (κ3) is 3.22. The Balaban J connectivity index is 2.37. The SMILES string of the molecule is CC(C)NC(=O)N1CCOC(C)C1. The van der Waals surface area contributed by atoms with Gasteiger partial charge in [-0.2, -0.15) is 0 Å². The molecule has 1 aliphatic rings. The van der Waals surface area contributed by atoms with E-state index in [-0.39, 0.29) is 18.2 Å². The van der Waals surface area contributed by atoms with E-state index in [2.05, 4.69) is 5.32 Å². The lowest BCUT2D eigenvalue weighted by Crippen LogP contribution is -2.50. The summed E-state index contributed by atoms with van der Waals surface area (Å²) in [4.78, 5) is 13.3. The minimum absolute atomic E-state index is 0.0187. The second kappa shape index (κ2) is 4.46. The van der Waals surface area contributed by atoms with E-state index in [1.807, 2.05) is 20.8 Å². The molecule has 2 amide bonds. The van der Waals surface area contributed by atoms with E-state index in [4.69, 9.17) is 4.74 Å². The molecule has 0 aromatic carbocycles. The fourth-order valence-corrected chi connectivity index (χ4v) is 1.34. The lowest BCUT2D eigenvalue weighted by molar-refractivity contribution is -0.00372. The molecule has 1 fully saturated rings. The van der Waals surface area contributed by atoms with E-state index < -0.39 is 0 Å². The van der Waals surface area contributed by atoms with Gasteiger partial charge in [-0.3, -0.25) is 0 Å². The Kier molecular flexibility index (Phi) is 3.54. The topological polar surface area (TPSA) is 41.6 Å². The quantitative estimate of drug-likeness (QED) is 0.659. The molecular formula is C9H18N2O2. The first-order valence-corrected chi connectivity index (χ1v) is 4.76. The summed E-state index contributed by atoms with van der Waals surface area (Å²) in [5, 5.41) is 2.86. The zero-order valence-electron chi connectivity index (χ0n) is 8.54. The Morgan fingerprint density at radius 1 is 1.62 bits per heavy atom. The van der Waals surface area contributed by atoms with Gasteiger partial charge in [0, 0.05) is 19.1 Å². The van der Waals surface area contributed by atoms with Gasteiger partial charge in [0.25, 0.3) is 0 Å². The predicted molar refractivity (Wildman–Crippen MR) is 50.7 cm³/mol. The van der Waals surface area contributed by atoms with Crippen molar-refractivity contribution < 1.29 is 9.53 Å². The third-order valence-electron chi connectivity index (χ3n) is 1.94. The molecule has 76 valence electrons. The normalized spacial score (nSPS) is 23.4. The van der Waals surface area contributed by atoms with E-state index in [1.54, 1.807) is 4.90 Å². The molecular weight excluding hydrogens is 168 g/mol. The molecule has 0 radical (unpaired) electrons. The summed E-state index contributed by atoms with van der Waals surface area (Å²) in [6.45, 7) is 7.94. The smallest absolute Gasteiger partial charge is 0.317 e. The molecule has 0 aromatic rings. The van der Waals surface area contributed by atoms with Crippen molar-refractivity contribution in [2.45, 2.75) is 32.9 Å². The minimum Gasteiger partial charge on any atom is -0.375 e. The highest BCUT2D eigenvalue weighted by atomic mass is 16.5. The van der Waals surface area contributed by atoms with Crippen LogP contribution in [-0.2, 0) is 4.74 Å². The van der Waals surface area contributed by atoms with Crippen LogP contribution in [0.25, 0.3) is 0 Å². The highest BCUT2D eigenvalue weighted by Gasteiger charge is 2.21. The molecule has 13 heavy (non-hydrogen) atoms. The zero-order chi connectivity index (χ0) is 9.84. The summed E-state index contributed by atoms with van der Waals surface area (Å²) in [5.41, 5.74) is 0. The number of nitrogens with zero attached hydrogens (tertiary/aromatic N) is 1. The largest absolute Gasteiger partial charge is 0.375 e. The van der Waals surface area contributed by atoms with Crippen molar-refractivity contribution in [2.24, 2.45) is 0 Å². The highest BCUT2D eigenvalue weighted by molar-refractivity contribution is 5.74. The van der Waals surface area contributed by atoms with Crippen molar-refractivity contribution in [3.05, 3.63) is 0 Å². The lowest BCUT2D eigenvalue weighted by Gasteiger charge is -2.31. The number of hydrogen-bond acceptors (Lipinski definition) is 2. The van der Waals surface area contributed by atoms with Gasteiger partial charge in [-0.25, -0.2) is 4.79 Å². The van der Waals surface area contributed by atoms with Crippen LogP contribution in [0.15, 0.2) is 0 Å². The molecule has 0 bridgehead atoms. The Morgan fingerprint density at radius 3 is 2.85 bits per heavy atom. The second-order valence-electron chi connectivity index (χ2n) is 3.73. The molecule has 0 aliphatic carbocycles. The van der Waals surface area contributed by atoms with Crippen LogP contribution in [0.1, 0.15) is 20.8 Å². The summed E-state index contributed by atoms with van der Waals surface area (Å²) in [6, 6.07) is 0.218. The number of urea groups is 1. The number of carbonyl (C=O) groups excluding carboxylic acids is 1. The molecule has 1 unspecified atom stereocenters. The van der Waals surface area contributed by atoms with Crippen LogP contribution in [0.3, 0.4) is 0 Å². The van der Waals surface area contributed by atoms with Gasteiger partial charge in [0.05, 0.1) is 12.7 Å². The van der Waals surface area contributed by atoms with Crippen molar-refractivity contribution >= 4 is 6.03 Å². The maximum atomic E-state index is 11.5. The van der Waals surface area contributed by atoms with Crippen molar-refractivity contribution in [2.75, 3.05) is 19.7 Å². The molecule has 0 aromatic heterocycles. The number of morpholine rings is 1. The van der Waals surface area contributed by atoms with Gasteiger partial charge >= 0.3 is 6.03 Å². The van der Waals surface area contributed by atoms with Crippen LogP contribution < -0.4 is 5.32 Å². The highest BCUT2D eigenvalue weighted by Crippen LogP contribution is 2.04. The molecule has 1 aliphatic heterocycles. The fraction of sp³-hybridized carbons (Fsp3) is 0.889. The first-order valence-electron chi connectivity index (χ1n) is 4.76. The summed E-state index contributed by atoms with van der Waals surface area (Å²) in [6.07, 6.45) is 0.159. The van der Waals surface area contributed by atoms with Gasteiger partial charge in [0.1, 0.15) is 0 Å². The van der Waals surface area contributed by atoms with E-state index in [9.17, 15) is 4.79 Å². The van der Waals surface area contributed by atoms with Gasteiger partial charge in [-0.05, 0) is 20.8 Å². The predicted octanol–water partition coefficient (Wildman–Crippen LogP) is 0.825. The Morgan fingerprint density at radius 2 is 2.31 bits per heavy atom. The molecule has 4 nitrogen and oxygen atoms in total. The van der Waals surface area contributed by atoms with Crippen molar-refractivity contribution in [3.8, 4) is 0 Å². The molecule has 1 rings (SSSR count). The maximum absolute atomic E-state index is 11.5. The van der Waals surface area contributed by atoms with E-state index in [0.29, 0.717) is 19.7 Å². The second-order valence-corrected chi connectivity index (χ2v) is 3.73. The summed E-state index contributed by atoms with van der Waals surface area (Å²) >= 11 is 0. The monoisotopic (exact) mass is 186 g/mol. The Hall–Kier alpha value is -0.770. The average molecular weight is 186 g/mol. The molecule has 1 heterocycles. The standard InChI is InChI=1S/C9H18N2O2/c1-7(2)10-9(12)11-4-5-13-8(3)6-11/h7-8H,4-6H2,1-3H3,(H,10,12). The van der Waals surface area contributed by atoms with Crippen molar-refractivity contribution in [1.29, 1.82) is 0 Å². The number of ether oxygens (including phenoxy) is 1. The number of amides is 2. The Labute approximate surface area is 79.2 Å². The molecule has 1 N–H and O–H groups in total. The van der Waals surface area contributed by atoms with Gasteiger partial charge in [0.2, 0.25) is 0 Å². The molecule has 1 saturated heterocycles. The number of carbonyl (C=O) groups is 1. The van der Waals surface area contributed by atoms with Crippen LogP contribution in [-0.4, -0.2) is 42.8 Å². The lowest BCUT2D eigenvalue weighted by atomic mass is 10.3. The van der Waals surface area contributed by atoms with E-state index >= 15 is 0 Å². The van der Waals surface area contributed by atoms with Crippen LogP contribution >= 0.6 is 0 Å². The van der Waals surface area contributed by atoms with E-state index in [0.717, 1.165) is 0 Å². The van der Waals surface area contributed by atoms with E-state index in [1.165, 1.54) is 0 Å². The first kappa shape index (κ1) is 10.3. The van der Waals surface area contributed by atoms with Crippen molar-refractivity contribution in [3.63, 3.8) is 0 Å². The molecule has 0 saturated carbocycles. The summed E-state index contributed by atoms with van der Waals surface area (Å²) < 4.78 is 5.34. The maximum Gasteiger partial charge on any atom is 0.317 e. The molecule has 4 heteroatoms. The van der Waals surface area contributed by atoms with Crippen LogP contribution in [0.5, 0.6) is 0 Å². The van der Waals surface area contributed by atoms with Gasteiger partial charge < -0.3 is 15.0 Å². The third-order valence-corrected chi connectivity index (χ3v) is 1.94. The minimum atomic E-state index is 0.0187. The van der Waals surface area contributed by atoms with Crippen LogP contribution in [0.4, 0.5) is 4.79 Å². The van der Waals surface area contributed by atoms with Crippen LogP contribution in [0.2, 0.25) is 0 Å². The average Bonchev–Trinajstić information content (AvgIpc) is 2.03. The number of nitrogens with one attached hydrogen (secondary N) is 1. The number of hydrogen-bond donors (Lipinski definition) is 1. The molecule has 1 atom stereocenters. The summed E-state index contributed by atoms with van der Waals surface area (Å²) in [7, 11) is 0. The van der Waals surface area contributed by atoms with Crippen molar-refractivity contribution in [1.82, 2.24) is 10.2 Å². The van der Waals surface area contributed by atoms with Gasteiger partial charge in [-0.15, -0.1) is 0 Å². The molecule has 0 spiro atoms. The van der Waals surface area contributed by atoms with Gasteiger partial charge in [0.15, 0.2) is 0 Å². The summed E-state index contributed by atoms with van der Waals surface area (Å²) in [5.74, 6) is 0. The Bertz CT molecular complexity index is 182.